The summed E-state index contributed by atoms with van der Waals surface area (Å²) in [5.74, 6) is -1.27. The highest BCUT2D eigenvalue weighted by Crippen LogP contribution is 2.34. The van der Waals surface area contributed by atoms with Gasteiger partial charge in [0, 0.05) is 18.0 Å². The maximum absolute atomic E-state index is 12.3. The molecule has 5 nitrogen and oxygen atoms in total. The van der Waals surface area contributed by atoms with Crippen LogP contribution in [0, 0.1) is 0 Å². The first-order valence-corrected chi connectivity index (χ1v) is 5.82. The number of hydrogen-bond donors (Lipinski definition) is 1. The Labute approximate surface area is 116 Å². The molecular formula is C13H8F3N3O2. The Hall–Kier alpha value is -2.77. The Morgan fingerprint density at radius 3 is 2.71 bits per heavy atom. The number of phenols is 1. The smallest absolute Gasteiger partial charge is 0.504 e. The molecule has 0 bridgehead atoms. The molecule has 0 spiro atoms. The molecule has 0 fully saturated rings. The molecule has 3 aromatic rings. The predicted octanol–water partition coefficient (Wildman–Crippen LogP) is 3.00. The minimum Gasteiger partial charge on any atom is -0.504 e. The highest BCUT2D eigenvalue weighted by atomic mass is 19.4. The maximum Gasteiger partial charge on any atom is 0.573 e. The van der Waals surface area contributed by atoms with Gasteiger partial charge in [0.05, 0.1) is 5.69 Å². The van der Waals surface area contributed by atoms with E-state index in [2.05, 4.69) is 14.8 Å². The van der Waals surface area contributed by atoms with E-state index in [0.29, 0.717) is 16.9 Å². The SMILES string of the molecule is Oc1ccc(-c2ccc3nccn3n2)cc1OC(F)(F)F. The number of phenolic OH excluding ortho intramolecular Hbond substituents is 1. The van der Waals surface area contributed by atoms with Crippen LogP contribution in [0.15, 0.2) is 42.7 Å². The third-order valence-corrected chi connectivity index (χ3v) is 2.74. The predicted molar refractivity (Wildman–Crippen MR) is 66.8 cm³/mol. The van der Waals surface area contributed by atoms with Crippen LogP contribution in [0.3, 0.4) is 0 Å². The fourth-order valence-corrected chi connectivity index (χ4v) is 1.85. The van der Waals surface area contributed by atoms with Gasteiger partial charge < -0.3 is 9.84 Å². The Balaban J connectivity index is 2.03. The molecule has 8 heteroatoms. The second kappa shape index (κ2) is 4.65. The molecule has 0 saturated carbocycles. The largest absolute Gasteiger partial charge is 0.573 e. The lowest BCUT2D eigenvalue weighted by atomic mass is 10.1. The van der Waals surface area contributed by atoms with Gasteiger partial charge in [-0.25, -0.2) is 9.50 Å². The number of imidazole rings is 1. The van der Waals surface area contributed by atoms with Gasteiger partial charge in [0.1, 0.15) is 0 Å². The maximum atomic E-state index is 12.3. The van der Waals surface area contributed by atoms with Gasteiger partial charge in [-0.1, -0.05) is 0 Å². The van der Waals surface area contributed by atoms with Gasteiger partial charge in [-0.15, -0.1) is 13.2 Å². The summed E-state index contributed by atoms with van der Waals surface area (Å²) >= 11 is 0. The number of nitrogens with zero attached hydrogens (tertiary/aromatic N) is 3. The molecule has 1 N–H and O–H groups in total. The van der Waals surface area contributed by atoms with Gasteiger partial charge in [0.25, 0.3) is 0 Å². The fraction of sp³-hybridized carbons (Fsp3) is 0.0769. The van der Waals surface area contributed by atoms with E-state index in [1.807, 2.05) is 0 Å². The van der Waals surface area contributed by atoms with Crippen LogP contribution in [-0.2, 0) is 0 Å². The molecule has 108 valence electrons. The number of ether oxygens (including phenoxy) is 1. The number of rotatable bonds is 2. The van der Waals surface area contributed by atoms with Gasteiger partial charge in [0.2, 0.25) is 0 Å². The summed E-state index contributed by atoms with van der Waals surface area (Å²) in [5, 5.41) is 13.6. The van der Waals surface area contributed by atoms with E-state index >= 15 is 0 Å². The first-order chi connectivity index (χ1) is 9.92. The van der Waals surface area contributed by atoms with Gasteiger partial charge in [0.15, 0.2) is 17.1 Å². The molecule has 0 saturated heterocycles. The molecule has 0 atom stereocenters. The zero-order valence-electron chi connectivity index (χ0n) is 10.4. The Kier molecular flexibility index (Phi) is 2.93. The highest BCUT2D eigenvalue weighted by molar-refractivity contribution is 5.64. The van der Waals surface area contributed by atoms with Gasteiger partial charge in [-0.2, -0.15) is 5.10 Å². The van der Waals surface area contributed by atoms with E-state index in [0.717, 1.165) is 12.1 Å². The van der Waals surface area contributed by atoms with Crippen molar-refractivity contribution in [1.82, 2.24) is 14.6 Å². The van der Waals surface area contributed by atoms with E-state index in [1.54, 1.807) is 24.5 Å². The highest BCUT2D eigenvalue weighted by Gasteiger charge is 2.32. The monoisotopic (exact) mass is 295 g/mol. The number of aromatic nitrogens is 3. The first kappa shape index (κ1) is 13.2. The number of fused-ring (bicyclic) bond motifs is 1. The van der Waals surface area contributed by atoms with Crippen molar-refractivity contribution >= 4 is 5.65 Å². The van der Waals surface area contributed by atoms with E-state index in [-0.39, 0.29) is 0 Å². The normalized spacial score (nSPS) is 11.8. The van der Waals surface area contributed by atoms with Crippen LogP contribution in [0.5, 0.6) is 11.5 Å². The van der Waals surface area contributed by atoms with Crippen molar-refractivity contribution in [3.63, 3.8) is 0 Å². The first-order valence-electron chi connectivity index (χ1n) is 5.82. The molecule has 1 aromatic carbocycles. The molecule has 2 aromatic heterocycles. The summed E-state index contributed by atoms with van der Waals surface area (Å²) in [4.78, 5) is 4.02. The molecule has 2 heterocycles. The summed E-state index contributed by atoms with van der Waals surface area (Å²) in [6, 6.07) is 6.94. The summed E-state index contributed by atoms with van der Waals surface area (Å²) in [7, 11) is 0. The Morgan fingerprint density at radius 2 is 1.95 bits per heavy atom. The second-order valence-electron chi connectivity index (χ2n) is 4.18. The number of hydrogen-bond acceptors (Lipinski definition) is 4. The van der Waals surface area contributed by atoms with E-state index in [1.165, 1.54) is 10.6 Å². The van der Waals surface area contributed by atoms with Gasteiger partial charge in [-0.05, 0) is 30.3 Å². The molecular weight excluding hydrogens is 287 g/mol. The third kappa shape index (κ3) is 2.73. The van der Waals surface area contributed by atoms with Gasteiger partial charge >= 0.3 is 6.36 Å². The summed E-state index contributed by atoms with van der Waals surface area (Å²) < 4.78 is 42.0. The lowest BCUT2D eigenvalue weighted by molar-refractivity contribution is -0.275. The molecule has 0 aliphatic heterocycles. The van der Waals surface area contributed by atoms with Crippen LogP contribution in [-0.4, -0.2) is 26.1 Å². The lowest BCUT2D eigenvalue weighted by Crippen LogP contribution is -2.17. The average Bonchev–Trinajstić information content (AvgIpc) is 2.87. The average molecular weight is 295 g/mol. The molecule has 3 rings (SSSR count). The molecule has 0 unspecified atom stereocenters. The van der Waals surface area contributed by atoms with Crippen molar-refractivity contribution in [2.75, 3.05) is 0 Å². The molecule has 0 aliphatic carbocycles. The number of benzene rings is 1. The van der Waals surface area contributed by atoms with E-state index < -0.39 is 17.9 Å². The van der Waals surface area contributed by atoms with Crippen LogP contribution < -0.4 is 4.74 Å². The molecule has 21 heavy (non-hydrogen) atoms. The van der Waals surface area contributed by atoms with Crippen molar-refractivity contribution in [3.8, 4) is 22.8 Å². The molecule has 0 radical (unpaired) electrons. The van der Waals surface area contributed by atoms with E-state index in [4.69, 9.17) is 0 Å². The van der Waals surface area contributed by atoms with Crippen molar-refractivity contribution in [2.45, 2.75) is 6.36 Å². The van der Waals surface area contributed by atoms with Crippen LogP contribution in [0.4, 0.5) is 13.2 Å². The fourth-order valence-electron chi connectivity index (χ4n) is 1.85. The summed E-state index contributed by atoms with van der Waals surface area (Å²) in [5.41, 5.74) is 1.42. The van der Waals surface area contributed by atoms with Gasteiger partial charge in [-0.3, -0.25) is 0 Å². The quantitative estimate of drug-likeness (QED) is 0.789. The summed E-state index contributed by atoms with van der Waals surface area (Å²) in [6.07, 6.45) is -1.70. The topological polar surface area (TPSA) is 59.7 Å². The minimum absolute atomic E-state index is 0.377. The zero-order valence-corrected chi connectivity index (χ0v) is 10.4. The molecule has 0 aliphatic rings. The second-order valence-corrected chi connectivity index (χ2v) is 4.18. The van der Waals surface area contributed by atoms with Crippen LogP contribution >= 0.6 is 0 Å². The number of halogens is 3. The third-order valence-electron chi connectivity index (χ3n) is 2.74. The Morgan fingerprint density at radius 1 is 1.14 bits per heavy atom. The van der Waals surface area contributed by atoms with Crippen LogP contribution in [0.25, 0.3) is 16.9 Å². The van der Waals surface area contributed by atoms with Crippen LogP contribution in [0.1, 0.15) is 0 Å². The number of aromatic hydroxyl groups is 1. The standard InChI is InChI=1S/C13H8F3N3O2/c14-13(15,16)21-11-7-8(1-3-10(11)20)9-2-4-12-17-5-6-19(12)18-9/h1-7,20H. The minimum atomic E-state index is -4.88. The number of alkyl halides is 3. The van der Waals surface area contributed by atoms with Crippen molar-refractivity contribution < 1.29 is 23.0 Å². The van der Waals surface area contributed by atoms with Crippen molar-refractivity contribution in [3.05, 3.63) is 42.7 Å². The van der Waals surface area contributed by atoms with E-state index in [9.17, 15) is 18.3 Å². The van der Waals surface area contributed by atoms with Crippen LogP contribution in [0.2, 0.25) is 0 Å². The Bertz CT molecular complexity index is 799. The lowest BCUT2D eigenvalue weighted by Gasteiger charge is -2.11. The molecule has 0 amide bonds. The zero-order chi connectivity index (χ0) is 15.0. The van der Waals surface area contributed by atoms with Crippen molar-refractivity contribution in [1.29, 1.82) is 0 Å². The van der Waals surface area contributed by atoms with Crippen molar-refractivity contribution in [2.24, 2.45) is 0 Å². The summed E-state index contributed by atoms with van der Waals surface area (Å²) in [6.45, 7) is 0.